The van der Waals surface area contributed by atoms with Gasteiger partial charge in [0.2, 0.25) is 0 Å². The quantitative estimate of drug-likeness (QED) is 0.421. The van der Waals surface area contributed by atoms with Crippen molar-refractivity contribution in [2.75, 3.05) is 7.11 Å². The lowest BCUT2D eigenvalue weighted by Gasteiger charge is -2.19. The number of rotatable bonds is 6. The number of amides is 1. The summed E-state index contributed by atoms with van der Waals surface area (Å²) in [6, 6.07) is 4.91. The molecule has 0 aliphatic heterocycles. The van der Waals surface area contributed by atoms with E-state index in [0.29, 0.717) is 18.0 Å². The highest BCUT2D eigenvalue weighted by Crippen LogP contribution is 2.29. The van der Waals surface area contributed by atoms with Gasteiger partial charge < -0.3 is 9.26 Å². The number of fused-ring (bicyclic) bond motifs is 1. The third-order valence-electron chi connectivity index (χ3n) is 4.80. The molecule has 1 aromatic carbocycles. The standard InChI is InChI=1S/C21H18F2N6O3/c1-12(28-19(30)21(2,22)23)18(15-7-24-20(31-3)25-8-15)29-17-5-4-13(6-14(17)9-26-29)16-10-27-32-11-16/h4-11,18H,1-3H3/t18-/m0/s1. The predicted octanol–water partition coefficient (Wildman–Crippen LogP) is 3.72. The molecule has 11 heteroatoms. The zero-order valence-electron chi connectivity index (χ0n) is 17.4. The highest BCUT2D eigenvalue weighted by atomic mass is 19.3. The molecule has 0 unspecified atom stereocenters. The van der Waals surface area contributed by atoms with Crippen molar-refractivity contribution in [3.05, 3.63) is 54.8 Å². The minimum atomic E-state index is -3.60. The van der Waals surface area contributed by atoms with Crippen LogP contribution in [0.4, 0.5) is 8.78 Å². The zero-order valence-corrected chi connectivity index (χ0v) is 17.4. The van der Waals surface area contributed by atoms with Gasteiger partial charge in [0.25, 0.3) is 0 Å². The number of benzene rings is 1. The number of hydrogen-bond acceptors (Lipinski definition) is 7. The monoisotopic (exact) mass is 440 g/mol. The van der Waals surface area contributed by atoms with Gasteiger partial charge in [-0.3, -0.25) is 9.48 Å². The van der Waals surface area contributed by atoms with E-state index in [1.807, 2.05) is 18.2 Å². The number of carbonyl (C=O) groups is 1. The van der Waals surface area contributed by atoms with Crippen LogP contribution in [0.1, 0.15) is 25.5 Å². The maximum absolute atomic E-state index is 13.5. The molecule has 0 bridgehead atoms. The van der Waals surface area contributed by atoms with Gasteiger partial charge in [-0.15, -0.1) is 0 Å². The van der Waals surface area contributed by atoms with Crippen LogP contribution in [0, 0.1) is 0 Å². The van der Waals surface area contributed by atoms with Crippen molar-refractivity contribution in [2.24, 2.45) is 4.99 Å². The van der Waals surface area contributed by atoms with Gasteiger partial charge in [0, 0.05) is 41.5 Å². The second kappa shape index (κ2) is 8.25. The average molecular weight is 440 g/mol. The normalized spacial score (nSPS) is 13.3. The van der Waals surface area contributed by atoms with Crippen molar-refractivity contribution < 1.29 is 22.8 Å². The minimum Gasteiger partial charge on any atom is -0.467 e. The van der Waals surface area contributed by atoms with Gasteiger partial charge in [0.05, 0.1) is 25.0 Å². The number of alkyl halides is 2. The molecule has 32 heavy (non-hydrogen) atoms. The fraction of sp³-hybridized carbons (Fsp3) is 0.238. The topological polar surface area (TPSA) is 108 Å². The summed E-state index contributed by atoms with van der Waals surface area (Å²) in [5.41, 5.74) is 2.96. The first-order valence-corrected chi connectivity index (χ1v) is 9.48. The number of carbonyl (C=O) groups excluding carboxylic acids is 1. The second-order valence-electron chi connectivity index (χ2n) is 7.13. The molecule has 164 valence electrons. The van der Waals surface area contributed by atoms with Gasteiger partial charge in [-0.25, -0.2) is 15.0 Å². The Morgan fingerprint density at radius 1 is 1.19 bits per heavy atom. The van der Waals surface area contributed by atoms with E-state index in [0.717, 1.165) is 16.5 Å². The summed E-state index contributed by atoms with van der Waals surface area (Å²) >= 11 is 0. The SMILES string of the molecule is COc1ncc([C@H](C(C)=NC(=O)C(C)(F)F)n2ncc3cc(-c4cnoc4)ccc32)cn1. The van der Waals surface area contributed by atoms with Gasteiger partial charge in [-0.1, -0.05) is 11.2 Å². The molecule has 1 atom stereocenters. The van der Waals surface area contributed by atoms with Crippen LogP contribution in [0.3, 0.4) is 0 Å². The number of aliphatic imine (C=N–C) groups is 1. The van der Waals surface area contributed by atoms with E-state index >= 15 is 0 Å². The third kappa shape index (κ3) is 4.09. The number of nitrogens with zero attached hydrogens (tertiary/aromatic N) is 6. The molecular weight excluding hydrogens is 422 g/mol. The van der Waals surface area contributed by atoms with Crippen molar-refractivity contribution in [3.63, 3.8) is 0 Å². The van der Waals surface area contributed by atoms with Gasteiger partial charge in [-0.2, -0.15) is 13.9 Å². The summed E-state index contributed by atoms with van der Waals surface area (Å²) < 4.78 is 38.4. The molecule has 3 heterocycles. The number of ether oxygens (including phenoxy) is 1. The highest BCUT2D eigenvalue weighted by Gasteiger charge is 2.33. The van der Waals surface area contributed by atoms with Crippen molar-refractivity contribution in [1.82, 2.24) is 24.9 Å². The maximum atomic E-state index is 13.5. The number of hydrogen-bond donors (Lipinski definition) is 0. The van der Waals surface area contributed by atoms with Gasteiger partial charge in [0.15, 0.2) is 0 Å². The Balaban J connectivity index is 1.83. The van der Waals surface area contributed by atoms with Gasteiger partial charge in [0.1, 0.15) is 12.3 Å². The van der Waals surface area contributed by atoms with Crippen LogP contribution in [0.5, 0.6) is 6.01 Å². The number of halogens is 2. The molecule has 0 radical (unpaired) electrons. The van der Waals surface area contributed by atoms with Crippen LogP contribution in [-0.4, -0.2) is 49.6 Å². The molecule has 0 saturated heterocycles. The lowest BCUT2D eigenvalue weighted by atomic mass is 10.0. The molecule has 0 fully saturated rings. The van der Waals surface area contributed by atoms with E-state index in [4.69, 9.17) is 9.26 Å². The number of aromatic nitrogens is 5. The molecule has 0 aliphatic rings. The lowest BCUT2D eigenvalue weighted by Crippen LogP contribution is -2.27. The summed E-state index contributed by atoms with van der Waals surface area (Å²) in [5, 5.41) is 8.93. The Morgan fingerprint density at radius 2 is 1.94 bits per heavy atom. The van der Waals surface area contributed by atoms with E-state index in [2.05, 4.69) is 25.2 Å². The van der Waals surface area contributed by atoms with Crippen molar-refractivity contribution in [3.8, 4) is 17.1 Å². The molecule has 0 saturated carbocycles. The Labute approximate surface area is 180 Å². The van der Waals surface area contributed by atoms with Gasteiger partial charge in [-0.05, 0) is 24.6 Å². The van der Waals surface area contributed by atoms with Crippen LogP contribution in [-0.2, 0) is 4.79 Å². The highest BCUT2D eigenvalue weighted by molar-refractivity contribution is 6.01. The van der Waals surface area contributed by atoms with Crippen molar-refractivity contribution in [2.45, 2.75) is 25.8 Å². The molecule has 3 aromatic heterocycles. The predicted molar refractivity (Wildman–Crippen MR) is 111 cm³/mol. The summed E-state index contributed by atoms with van der Waals surface area (Å²) in [7, 11) is 1.43. The third-order valence-corrected chi connectivity index (χ3v) is 4.80. The van der Waals surface area contributed by atoms with Crippen LogP contribution in [0.15, 0.2) is 58.8 Å². The lowest BCUT2D eigenvalue weighted by molar-refractivity contribution is -0.139. The number of methoxy groups -OCH3 is 1. The van der Waals surface area contributed by atoms with E-state index in [1.54, 1.807) is 17.1 Å². The Kier molecular flexibility index (Phi) is 5.47. The summed E-state index contributed by atoms with van der Waals surface area (Å²) in [6.07, 6.45) is 7.70. The molecular formula is C21H18F2N6O3. The average Bonchev–Trinajstić information content (AvgIpc) is 3.44. The first kappa shape index (κ1) is 21.2. The van der Waals surface area contributed by atoms with Crippen molar-refractivity contribution >= 4 is 22.5 Å². The van der Waals surface area contributed by atoms with Crippen LogP contribution in [0.2, 0.25) is 0 Å². The first-order valence-electron chi connectivity index (χ1n) is 9.48. The maximum Gasteiger partial charge on any atom is 0.324 e. The summed E-state index contributed by atoms with van der Waals surface area (Å²) in [5.74, 6) is -5.14. The molecule has 0 N–H and O–H groups in total. The molecule has 0 spiro atoms. The van der Waals surface area contributed by atoms with Crippen LogP contribution < -0.4 is 4.74 Å². The molecule has 1 amide bonds. The molecule has 0 aliphatic carbocycles. The largest absolute Gasteiger partial charge is 0.467 e. The summed E-state index contributed by atoms with van der Waals surface area (Å²) in [4.78, 5) is 23.7. The Bertz CT molecular complexity index is 1280. The van der Waals surface area contributed by atoms with Crippen LogP contribution >= 0.6 is 0 Å². The smallest absolute Gasteiger partial charge is 0.324 e. The van der Waals surface area contributed by atoms with E-state index in [9.17, 15) is 13.6 Å². The Morgan fingerprint density at radius 3 is 2.56 bits per heavy atom. The van der Waals surface area contributed by atoms with E-state index in [-0.39, 0.29) is 11.7 Å². The first-order chi connectivity index (χ1) is 15.3. The van der Waals surface area contributed by atoms with E-state index in [1.165, 1.54) is 32.7 Å². The fourth-order valence-electron chi connectivity index (χ4n) is 3.24. The molecule has 4 rings (SSSR count). The van der Waals surface area contributed by atoms with Gasteiger partial charge >= 0.3 is 17.8 Å². The summed E-state index contributed by atoms with van der Waals surface area (Å²) in [6.45, 7) is 1.99. The van der Waals surface area contributed by atoms with Crippen LogP contribution in [0.25, 0.3) is 22.0 Å². The molecule has 9 nitrogen and oxygen atoms in total. The zero-order chi connectivity index (χ0) is 22.9. The minimum absolute atomic E-state index is 0.110. The second-order valence-corrected chi connectivity index (χ2v) is 7.13. The van der Waals surface area contributed by atoms with Crippen molar-refractivity contribution in [1.29, 1.82) is 0 Å². The molecule has 4 aromatic rings. The fourth-order valence-corrected chi connectivity index (χ4v) is 3.24. The van der Waals surface area contributed by atoms with E-state index < -0.39 is 17.9 Å². The Hall–Kier alpha value is -4.02.